The smallest absolute Gasteiger partial charge is 0.247 e. The van der Waals surface area contributed by atoms with Crippen LogP contribution in [-0.2, 0) is 11.3 Å². The Morgan fingerprint density at radius 3 is 2.64 bits per heavy atom. The van der Waals surface area contributed by atoms with Crippen molar-refractivity contribution in [3.8, 4) is 5.75 Å². The molecule has 0 N–H and O–H groups in total. The molecule has 1 aliphatic rings. The van der Waals surface area contributed by atoms with E-state index in [-0.39, 0.29) is 11.9 Å². The van der Waals surface area contributed by atoms with E-state index in [1.807, 2.05) is 53.4 Å². The quantitative estimate of drug-likeness (QED) is 0.696. The van der Waals surface area contributed by atoms with Gasteiger partial charge in [0.1, 0.15) is 5.75 Å². The van der Waals surface area contributed by atoms with Crippen LogP contribution in [0.5, 0.6) is 5.75 Å². The summed E-state index contributed by atoms with van der Waals surface area (Å²) >= 11 is 0. The maximum absolute atomic E-state index is 12.9. The number of methoxy groups -OCH3 is 1. The lowest BCUT2D eigenvalue weighted by molar-refractivity contribution is -0.129. The van der Waals surface area contributed by atoms with E-state index in [1.165, 1.54) is 12.8 Å². The number of carbonyl (C=O) groups excluding carboxylic acids is 1. The highest BCUT2D eigenvalue weighted by Gasteiger charge is 2.33. The van der Waals surface area contributed by atoms with Gasteiger partial charge in [-0.05, 0) is 55.0 Å². The minimum absolute atomic E-state index is 0.0612. The second kappa shape index (κ2) is 8.02. The monoisotopic (exact) mass is 335 g/mol. The zero-order chi connectivity index (χ0) is 17.6. The van der Waals surface area contributed by atoms with Crippen LogP contribution in [-0.4, -0.2) is 24.0 Å². The highest BCUT2D eigenvalue weighted by Crippen LogP contribution is 2.35. The topological polar surface area (TPSA) is 29.5 Å². The van der Waals surface area contributed by atoms with E-state index in [0.29, 0.717) is 12.5 Å². The number of ether oxygens (including phenoxy) is 1. The van der Waals surface area contributed by atoms with Gasteiger partial charge in [0.2, 0.25) is 5.91 Å². The Kier molecular flexibility index (Phi) is 5.54. The van der Waals surface area contributed by atoms with Crippen LogP contribution in [0.15, 0.2) is 60.7 Å². The van der Waals surface area contributed by atoms with Gasteiger partial charge >= 0.3 is 0 Å². The highest BCUT2D eigenvalue weighted by molar-refractivity contribution is 5.92. The minimum Gasteiger partial charge on any atom is -0.497 e. The average Bonchev–Trinajstić information content (AvgIpc) is 3.50. The molecule has 0 aromatic heterocycles. The number of benzene rings is 2. The molecule has 0 radical (unpaired) electrons. The van der Waals surface area contributed by atoms with Crippen LogP contribution >= 0.6 is 0 Å². The molecule has 1 amide bonds. The summed E-state index contributed by atoms with van der Waals surface area (Å²) in [7, 11) is 1.65. The van der Waals surface area contributed by atoms with Gasteiger partial charge in [-0.3, -0.25) is 4.79 Å². The van der Waals surface area contributed by atoms with Gasteiger partial charge in [-0.2, -0.15) is 0 Å². The fourth-order valence-corrected chi connectivity index (χ4v) is 3.04. The number of nitrogens with zero attached hydrogens (tertiary/aromatic N) is 1. The van der Waals surface area contributed by atoms with Gasteiger partial charge in [0.25, 0.3) is 0 Å². The number of hydrogen-bond acceptors (Lipinski definition) is 2. The van der Waals surface area contributed by atoms with Gasteiger partial charge in [-0.25, -0.2) is 0 Å². The fourth-order valence-electron chi connectivity index (χ4n) is 3.04. The van der Waals surface area contributed by atoms with Crippen LogP contribution in [0.25, 0.3) is 6.08 Å². The lowest BCUT2D eigenvalue weighted by atomic mass is 10.1. The van der Waals surface area contributed by atoms with E-state index in [1.54, 1.807) is 13.2 Å². The third-order valence-corrected chi connectivity index (χ3v) is 4.79. The third kappa shape index (κ3) is 4.72. The Balaban J connectivity index is 1.74. The Morgan fingerprint density at radius 2 is 1.96 bits per heavy atom. The van der Waals surface area contributed by atoms with E-state index >= 15 is 0 Å². The number of carbonyl (C=O) groups is 1. The molecule has 3 rings (SSSR count). The van der Waals surface area contributed by atoms with E-state index in [2.05, 4.69) is 19.1 Å². The van der Waals surface area contributed by atoms with Crippen molar-refractivity contribution in [3.05, 3.63) is 71.8 Å². The molecule has 0 spiro atoms. The SMILES string of the molecule is COc1cccc(/C=C/C(=O)N(Cc2ccccc2)C(C)C2CC2)c1. The molecule has 0 aliphatic heterocycles. The van der Waals surface area contributed by atoms with Crippen molar-refractivity contribution in [2.24, 2.45) is 5.92 Å². The summed E-state index contributed by atoms with van der Waals surface area (Å²) in [5.41, 5.74) is 2.13. The second-order valence-corrected chi connectivity index (χ2v) is 6.64. The first-order valence-electron chi connectivity index (χ1n) is 8.84. The van der Waals surface area contributed by atoms with Crippen molar-refractivity contribution in [1.82, 2.24) is 4.90 Å². The maximum atomic E-state index is 12.9. The molecular weight excluding hydrogens is 310 g/mol. The molecule has 130 valence electrons. The molecule has 1 fully saturated rings. The molecule has 3 heteroatoms. The lowest BCUT2D eigenvalue weighted by Gasteiger charge is -2.28. The molecule has 3 nitrogen and oxygen atoms in total. The van der Waals surface area contributed by atoms with Crippen LogP contribution in [0, 0.1) is 5.92 Å². The normalized spacial score (nSPS) is 15.1. The predicted octanol–water partition coefficient (Wildman–Crippen LogP) is 4.54. The number of hydrogen-bond donors (Lipinski definition) is 0. The molecular formula is C22H25NO2. The van der Waals surface area contributed by atoms with Crippen LogP contribution < -0.4 is 4.74 Å². The van der Waals surface area contributed by atoms with E-state index in [4.69, 9.17) is 4.74 Å². The molecule has 2 aromatic carbocycles. The summed E-state index contributed by atoms with van der Waals surface area (Å²) in [6.07, 6.45) is 5.98. The average molecular weight is 335 g/mol. The van der Waals surface area contributed by atoms with Gasteiger partial charge in [0.05, 0.1) is 7.11 Å². The van der Waals surface area contributed by atoms with Crippen LogP contribution in [0.1, 0.15) is 30.9 Å². The fraction of sp³-hybridized carbons (Fsp3) is 0.318. The highest BCUT2D eigenvalue weighted by atomic mass is 16.5. The number of rotatable bonds is 7. The van der Waals surface area contributed by atoms with E-state index < -0.39 is 0 Å². The first-order valence-corrected chi connectivity index (χ1v) is 8.84. The molecule has 0 heterocycles. The van der Waals surface area contributed by atoms with Crippen molar-refractivity contribution in [2.75, 3.05) is 7.11 Å². The van der Waals surface area contributed by atoms with Crippen LogP contribution in [0.4, 0.5) is 0 Å². The summed E-state index contributed by atoms with van der Waals surface area (Å²) < 4.78 is 5.24. The second-order valence-electron chi connectivity index (χ2n) is 6.64. The third-order valence-electron chi connectivity index (χ3n) is 4.79. The van der Waals surface area contributed by atoms with E-state index in [9.17, 15) is 4.79 Å². The molecule has 0 bridgehead atoms. The number of amides is 1. The molecule has 25 heavy (non-hydrogen) atoms. The molecule has 1 saturated carbocycles. The summed E-state index contributed by atoms with van der Waals surface area (Å²) in [5, 5.41) is 0. The largest absolute Gasteiger partial charge is 0.497 e. The minimum atomic E-state index is 0.0612. The van der Waals surface area contributed by atoms with Crippen molar-refractivity contribution in [2.45, 2.75) is 32.4 Å². The zero-order valence-corrected chi connectivity index (χ0v) is 14.9. The first kappa shape index (κ1) is 17.3. The maximum Gasteiger partial charge on any atom is 0.247 e. The summed E-state index contributed by atoms with van der Waals surface area (Å²) in [6, 6.07) is 18.2. The van der Waals surface area contributed by atoms with Gasteiger partial charge < -0.3 is 9.64 Å². The summed E-state index contributed by atoms with van der Waals surface area (Å²) in [4.78, 5) is 14.8. The lowest BCUT2D eigenvalue weighted by Crippen LogP contribution is -2.38. The summed E-state index contributed by atoms with van der Waals surface area (Å²) in [5.74, 6) is 1.49. The Bertz CT molecular complexity index is 735. The van der Waals surface area contributed by atoms with Gasteiger partial charge in [0, 0.05) is 18.7 Å². The first-order chi connectivity index (χ1) is 12.2. The van der Waals surface area contributed by atoms with Gasteiger partial charge in [0.15, 0.2) is 0 Å². The Hall–Kier alpha value is -2.55. The van der Waals surface area contributed by atoms with Crippen molar-refractivity contribution in [1.29, 1.82) is 0 Å². The molecule has 1 unspecified atom stereocenters. The molecule has 1 atom stereocenters. The van der Waals surface area contributed by atoms with Crippen molar-refractivity contribution >= 4 is 12.0 Å². The molecule has 2 aromatic rings. The predicted molar refractivity (Wildman–Crippen MR) is 101 cm³/mol. The van der Waals surface area contributed by atoms with Crippen molar-refractivity contribution < 1.29 is 9.53 Å². The van der Waals surface area contributed by atoms with Crippen LogP contribution in [0.2, 0.25) is 0 Å². The molecule has 0 saturated heterocycles. The Labute approximate surface area is 149 Å². The zero-order valence-electron chi connectivity index (χ0n) is 14.9. The van der Waals surface area contributed by atoms with Crippen LogP contribution in [0.3, 0.4) is 0 Å². The van der Waals surface area contributed by atoms with Gasteiger partial charge in [-0.15, -0.1) is 0 Å². The summed E-state index contributed by atoms with van der Waals surface area (Å²) in [6.45, 7) is 2.82. The standard InChI is InChI=1S/C22H25NO2/c1-17(20-12-13-20)23(16-19-7-4-3-5-8-19)22(24)14-11-18-9-6-10-21(15-18)25-2/h3-11,14-15,17,20H,12-13,16H2,1-2H3/b14-11+. The van der Waals surface area contributed by atoms with Gasteiger partial charge in [-0.1, -0.05) is 42.5 Å². The van der Waals surface area contributed by atoms with E-state index in [0.717, 1.165) is 16.9 Å². The van der Waals surface area contributed by atoms with Crippen molar-refractivity contribution in [3.63, 3.8) is 0 Å². The molecule has 1 aliphatic carbocycles. The Morgan fingerprint density at radius 1 is 1.20 bits per heavy atom.